The Balaban J connectivity index is 1.39. The predicted octanol–water partition coefficient (Wildman–Crippen LogP) is 4.98. The van der Waals surface area contributed by atoms with Gasteiger partial charge >= 0.3 is 6.03 Å². The standard InChI is InChI=1S/C24H25N3O2S/c28-23(26-22-13-5-4-12-21(22)18-8-2-1-3-9-18)19-10-6-14-27(17-19)24(29)25-16-20-11-7-15-30-20/h1-5,7-9,11-13,15,19H,6,10,14,16-17H2,(H,25,29)(H,26,28). The molecule has 4 rings (SSSR count). The number of carbonyl (C=O) groups excluding carboxylic acids is 2. The Morgan fingerprint density at radius 3 is 2.60 bits per heavy atom. The molecule has 5 nitrogen and oxygen atoms in total. The van der Waals surface area contributed by atoms with Gasteiger partial charge in [0.25, 0.3) is 0 Å². The van der Waals surface area contributed by atoms with Crippen LogP contribution in [-0.2, 0) is 11.3 Å². The maximum atomic E-state index is 13.0. The van der Waals surface area contributed by atoms with Gasteiger partial charge in [-0.05, 0) is 35.9 Å². The summed E-state index contributed by atoms with van der Waals surface area (Å²) in [6.45, 7) is 1.64. The zero-order chi connectivity index (χ0) is 20.8. The van der Waals surface area contributed by atoms with Crippen molar-refractivity contribution in [3.8, 4) is 11.1 Å². The molecule has 0 spiro atoms. The lowest BCUT2D eigenvalue weighted by Crippen LogP contribution is -2.47. The van der Waals surface area contributed by atoms with E-state index in [2.05, 4.69) is 10.6 Å². The molecule has 1 aliphatic rings. The molecule has 1 fully saturated rings. The highest BCUT2D eigenvalue weighted by atomic mass is 32.1. The first kappa shape index (κ1) is 20.2. The van der Waals surface area contributed by atoms with Gasteiger partial charge in [0.05, 0.1) is 12.5 Å². The number of likely N-dealkylation sites (tertiary alicyclic amines) is 1. The fourth-order valence-electron chi connectivity index (χ4n) is 3.76. The molecule has 1 saturated heterocycles. The van der Waals surface area contributed by atoms with E-state index in [1.165, 1.54) is 0 Å². The molecule has 1 aromatic heterocycles. The van der Waals surface area contributed by atoms with Crippen molar-refractivity contribution < 1.29 is 9.59 Å². The van der Waals surface area contributed by atoms with Crippen LogP contribution in [0.1, 0.15) is 17.7 Å². The van der Waals surface area contributed by atoms with Gasteiger partial charge in [-0.2, -0.15) is 0 Å². The summed E-state index contributed by atoms with van der Waals surface area (Å²) in [6.07, 6.45) is 1.61. The van der Waals surface area contributed by atoms with E-state index < -0.39 is 0 Å². The van der Waals surface area contributed by atoms with Crippen molar-refractivity contribution in [2.45, 2.75) is 19.4 Å². The minimum absolute atomic E-state index is 0.0332. The van der Waals surface area contributed by atoms with Crippen LogP contribution in [0, 0.1) is 5.92 Å². The summed E-state index contributed by atoms with van der Waals surface area (Å²) in [5.41, 5.74) is 2.85. The summed E-state index contributed by atoms with van der Waals surface area (Å²) in [6, 6.07) is 21.7. The molecule has 2 N–H and O–H groups in total. The van der Waals surface area contributed by atoms with Gasteiger partial charge in [0.15, 0.2) is 0 Å². The van der Waals surface area contributed by atoms with E-state index in [-0.39, 0.29) is 17.9 Å². The lowest BCUT2D eigenvalue weighted by molar-refractivity contribution is -0.121. The fraction of sp³-hybridized carbons (Fsp3) is 0.250. The van der Waals surface area contributed by atoms with Crippen molar-refractivity contribution in [3.05, 3.63) is 77.0 Å². The van der Waals surface area contributed by atoms with Gasteiger partial charge in [-0.25, -0.2) is 4.79 Å². The van der Waals surface area contributed by atoms with Crippen molar-refractivity contribution in [1.82, 2.24) is 10.2 Å². The van der Waals surface area contributed by atoms with Crippen LogP contribution in [0.5, 0.6) is 0 Å². The third-order valence-electron chi connectivity index (χ3n) is 5.34. The summed E-state index contributed by atoms with van der Waals surface area (Å²) in [5.74, 6) is -0.246. The summed E-state index contributed by atoms with van der Waals surface area (Å²) in [5, 5.41) is 8.05. The molecule has 0 saturated carbocycles. The van der Waals surface area contributed by atoms with Crippen molar-refractivity contribution in [3.63, 3.8) is 0 Å². The van der Waals surface area contributed by atoms with E-state index in [1.807, 2.05) is 72.1 Å². The number of para-hydroxylation sites is 1. The number of benzene rings is 2. The molecule has 2 aromatic carbocycles. The van der Waals surface area contributed by atoms with Crippen LogP contribution in [0.2, 0.25) is 0 Å². The molecule has 0 radical (unpaired) electrons. The molecule has 6 heteroatoms. The summed E-state index contributed by atoms with van der Waals surface area (Å²) < 4.78 is 0. The fourth-order valence-corrected chi connectivity index (χ4v) is 4.40. The maximum Gasteiger partial charge on any atom is 0.317 e. The lowest BCUT2D eigenvalue weighted by atomic mass is 9.96. The number of nitrogens with one attached hydrogen (secondary N) is 2. The topological polar surface area (TPSA) is 61.4 Å². The molecule has 154 valence electrons. The van der Waals surface area contributed by atoms with Gasteiger partial charge in [0.1, 0.15) is 0 Å². The van der Waals surface area contributed by atoms with Crippen LogP contribution >= 0.6 is 11.3 Å². The number of urea groups is 1. The Morgan fingerprint density at radius 2 is 1.80 bits per heavy atom. The van der Waals surface area contributed by atoms with Gasteiger partial charge in [-0.1, -0.05) is 54.6 Å². The Bertz CT molecular complexity index is 989. The average molecular weight is 420 g/mol. The third kappa shape index (κ3) is 4.89. The lowest BCUT2D eigenvalue weighted by Gasteiger charge is -2.32. The highest BCUT2D eigenvalue weighted by molar-refractivity contribution is 7.09. The smallest absolute Gasteiger partial charge is 0.317 e. The second kappa shape index (κ2) is 9.59. The summed E-state index contributed by atoms with van der Waals surface area (Å²) >= 11 is 1.62. The average Bonchev–Trinajstić information content (AvgIpc) is 3.32. The number of piperidine rings is 1. The number of nitrogens with zero attached hydrogens (tertiary/aromatic N) is 1. The molecule has 1 aliphatic heterocycles. The van der Waals surface area contributed by atoms with Gasteiger partial charge in [0.2, 0.25) is 5.91 Å². The number of hydrogen-bond acceptors (Lipinski definition) is 3. The number of hydrogen-bond donors (Lipinski definition) is 2. The minimum atomic E-state index is -0.213. The molecule has 1 atom stereocenters. The number of rotatable bonds is 5. The SMILES string of the molecule is O=C(Nc1ccccc1-c1ccccc1)C1CCCN(C(=O)NCc2cccs2)C1. The van der Waals surface area contributed by atoms with Crippen LogP contribution in [0.15, 0.2) is 72.1 Å². The number of amides is 3. The Kier molecular flexibility index (Phi) is 6.44. The van der Waals surface area contributed by atoms with E-state index in [4.69, 9.17) is 0 Å². The zero-order valence-corrected chi connectivity index (χ0v) is 17.5. The molecule has 30 heavy (non-hydrogen) atoms. The van der Waals surface area contributed by atoms with Gasteiger partial charge in [0, 0.05) is 29.2 Å². The maximum absolute atomic E-state index is 13.0. The Morgan fingerprint density at radius 1 is 1.00 bits per heavy atom. The van der Waals surface area contributed by atoms with Gasteiger partial charge in [-0.3, -0.25) is 4.79 Å². The highest BCUT2D eigenvalue weighted by Gasteiger charge is 2.28. The van der Waals surface area contributed by atoms with Crippen molar-refractivity contribution in [2.24, 2.45) is 5.92 Å². The molecular formula is C24H25N3O2S. The van der Waals surface area contributed by atoms with E-state index in [0.717, 1.165) is 34.5 Å². The molecule has 1 unspecified atom stereocenters. The normalized spacial score (nSPS) is 16.1. The monoisotopic (exact) mass is 419 g/mol. The Labute approximate surface area is 180 Å². The quantitative estimate of drug-likeness (QED) is 0.613. The van der Waals surface area contributed by atoms with Crippen molar-refractivity contribution >= 4 is 29.0 Å². The largest absolute Gasteiger partial charge is 0.333 e. The van der Waals surface area contributed by atoms with Crippen LogP contribution in [-0.4, -0.2) is 29.9 Å². The molecule has 2 heterocycles. The molecule has 3 aromatic rings. The first-order chi connectivity index (χ1) is 14.7. The molecular weight excluding hydrogens is 394 g/mol. The van der Waals surface area contributed by atoms with Gasteiger partial charge in [-0.15, -0.1) is 11.3 Å². The van der Waals surface area contributed by atoms with E-state index in [0.29, 0.717) is 19.6 Å². The third-order valence-corrected chi connectivity index (χ3v) is 6.22. The molecule has 0 aliphatic carbocycles. The second-order valence-corrected chi connectivity index (χ2v) is 8.46. The summed E-state index contributed by atoms with van der Waals surface area (Å²) in [7, 11) is 0. The first-order valence-corrected chi connectivity index (χ1v) is 11.1. The Hall–Kier alpha value is -3.12. The van der Waals surface area contributed by atoms with Crippen LogP contribution in [0.25, 0.3) is 11.1 Å². The van der Waals surface area contributed by atoms with Crippen molar-refractivity contribution in [2.75, 3.05) is 18.4 Å². The second-order valence-electron chi connectivity index (χ2n) is 7.42. The molecule has 0 bridgehead atoms. The summed E-state index contributed by atoms with van der Waals surface area (Å²) in [4.78, 5) is 28.4. The molecule has 3 amide bonds. The number of anilines is 1. The van der Waals surface area contributed by atoms with Crippen LogP contribution in [0.3, 0.4) is 0 Å². The van der Waals surface area contributed by atoms with E-state index in [1.54, 1.807) is 16.2 Å². The minimum Gasteiger partial charge on any atom is -0.333 e. The zero-order valence-electron chi connectivity index (χ0n) is 16.7. The number of thiophene rings is 1. The van der Waals surface area contributed by atoms with E-state index in [9.17, 15) is 9.59 Å². The highest BCUT2D eigenvalue weighted by Crippen LogP contribution is 2.28. The van der Waals surface area contributed by atoms with Gasteiger partial charge < -0.3 is 15.5 Å². The van der Waals surface area contributed by atoms with Crippen LogP contribution in [0.4, 0.5) is 10.5 Å². The van der Waals surface area contributed by atoms with Crippen LogP contribution < -0.4 is 10.6 Å². The predicted molar refractivity (Wildman–Crippen MR) is 121 cm³/mol. The van der Waals surface area contributed by atoms with Crippen molar-refractivity contribution in [1.29, 1.82) is 0 Å². The number of carbonyl (C=O) groups is 2. The first-order valence-electron chi connectivity index (χ1n) is 10.2. The van der Waals surface area contributed by atoms with E-state index >= 15 is 0 Å².